The summed E-state index contributed by atoms with van der Waals surface area (Å²) >= 11 is 0. The molecule has 10 rings (SSSR count). The first kappa shape index (κ1) is 33.2. The average Bonchev–Trinajstić information content (AvgIpc) is 3.61. The molecule has 0 bridgehead atoms. The molecule has 0 amide bonds. The fraction of sp³-hybridized carbons (Fsp3) is 0. The Morgan fingerprint density at radius 2 is 0.679 bits per heavy atom. The van der Waals surface area contributed by atoms with Crippen molar-refractivity contribution in [3.63, 3.8) is 0 Å². The third-order valence-corrected chi connectivity index (χ3v) is 10.7. The number of aromatic nitrogens is 1. The van der Waals surface area contributed by atoms with Crippen molar-refractivity contribution in [2.75, 3.05) is 4.90 Å². The van der Waals surface area contributed by atoms with Gasteiger partial charge < -0.3 is 9.47 Å². The zero-order chi connectivity index (χ0) is 37.3. The molecule has 9 aromatic carbocycles. The molecular formula is C54H38N2. The minimum absolute atomic E-state index is 1.12. The van der Waals surface area contributed by atoms with E-state index in [9.17, 15) is 0 Å². The van der Waals surface area contributed by atoms with Gasteiger partial charge in [-0.25, -0.2) is 0 Å². The van der Waals surface area contributed by atoms with Crippen molar-refractivity contribution in [2.45, 2.75) is 0 Å². The molecule has 1 aromatic heterocycles. The molecule has 2 nitrogen and oxygen atoms in total. The maximum Gasteiger partial charge on any atom is 0.0547 e. The summed E-state index contributed by atoms with van der Waals surface area (Å²) in [5.41, 5.74) is 16.4. The molecule has 0 N–H and O–H groups in total. The molecule has 0 unspecified atom stereocenters. The van der Waals surface area contributed by atoms with E-state index in [1.807, 2.05) is 0 Å². The summed E-state index contributed by atoms with van der Waals surface area (Å²) in [6.07, 6.45) is 0. The number of hydrogen-bond donors (Lipinski definition) is 0. The van der Waals surface area contributed by atoms with Crippen LogP contribution in [0.3, 0.4) is 0 Å². The van der Waals surface area contributed by atoms with Crippen molar-refractivity contribution in [3.8, 4) is 50.2 Å². The summed E-state index contributed by atoms with van der Waals surface area (Å²) in [4.78, 5) is 2.31. The van der Waals surface area contributed by atoms with Crippen LogP contribution in [0.1, 0.15) is 0 Å². The van der Waals surface area contributed by atoms with E-state index >= 15 is 0 Å². The van der Waals surface area contributed by atoms with Crippen LogP contribution in [-0.4, -0.2) is 4.57 Å². The molecule has 56 heavy (non-hydrogen) atoms. The molecule has 0 fully saturated rings. The number of hydrogen-bond acceptors (Lipinski definition) is 1. The largest absolute Gasteiger partial charge is 0.310 e. The van der Waals surface area contributed by atoms with Gasteiger partial charge in [-0.2, -0.15) is 0 Å². The van der Waals surface area contributed by atoms with E-state index in [1.54, 1.807) is 0 Å². The Balaban J connectivity index is 1.06. The van der Waals surface area contributed by atoms with Crippen molar-refractivity contribution >= 4 is 38.9 Å². The van der Waals surface area contributed by atoms with Crippen molar-refractivity contribution < 1.29 is 0 Å². The molecule has 0 saturated heterocycles. The summed E-state index contributed by atoms with van der Waals surface area (Å²) in [6, 6.07) is 83.0. The number of rotatable bonds is 8. The zero-order valence-corrected chi connectivity index (χ0v) is 30.8. The van der Waals surface area contributed by atoms with Gasteiger partial charge in [-0.05, 0) is 111 Å². The van der Waals surface area contributed by atoms with E-state index in [4.69, 9.17) is 0 Å². The van der Waals surface area contributed by atoms with Gasteiger partial charge in [-0.3, -0.25) is 0 Å². The smallest absolute Gasteiger partial charge is 0.0547 e. The lowest BCUT2D eigenvalue weighted by Crippen LogP contribution is -2.09. The normalized spacial score (nSPS) is 11.2. The van der Waals surface area contributed by atoms with Crippen LogP contribution in [0, 0.1) is 0 Å². The molecule has 0 aliphatic heterocycles. The van der Waals surface area contributed by atoms with Gasteiger partial charge in [0, 0.05) is 33.5 Å². The molecule has 0 saturated carbocycles. The Hall–Kier alpha value is -7.42. The van der Waals surface area contributed by atoms with Gasteiger partial charge in [0.05, 0.1) is 11.0 Å². The number of anilines is 3. The third-order valence-electron chi connectivity index (χ3n) is 10.7. The highest BCUT2D eigenvalue weighted by Gasteiger charge is 2.17. The summed E-state index contributed by atoms with van der Waals surface area (Å²) in [6.45, 7) is 0. The molecule has 0 aliphatic carbocycles. The quantitative estimate of drug-likeness (QED) is 0.152. The van der Waals surface area contributed by atoms with Gasteiger partial charge in [0.15, 0.2) is 0 Å². The van der Waals surface area contributed by atoms with Crippen LogP contribution >= 0.6 is 0 Å². The lowest BCUT2D eigenvalue weighted by atomic mass is 9.97. The molecule has 264 valence electrons. The Morgan fingerprint density at radius 3 is 1.27 bits per heavy atom. The van der Waals surface area contributed by atoms with E-state index in [-0.39, 0.29) is 0 Å². The first-order valence-corrected chi connectivity index (χ1v) is 19.2. The van der Waals surface area contributed by atoms with E-state index in [0.717, 1.165) is 22.7 Å². The SMILES string of the molecule is c1ccc(-c2cc(-c3ccccc3)cc(-n3c4ccccc4c4ccc(-c5ccc(-c6cccc(N(c7ccccc7)c7ccccc7)c6)cc5)cc43)c2)cc1. The van der Waals surface area contributed by atoms with E-state index in [2.05, 4.69) is 240 Å². The summed E-state index contributed by atoms with van der Waals surface area (Å²) < 4.78 is 2.44. The van der Waals surface area contributed by atoms with Crippen molar-refractivity contribution in [1.82, 2.24) is 4.57 Å². The second-order valence-corrected chi connectivity index (χ2v) is 14.2. The first-order valence-electron chi connectivity index (χ1n) is 19.2. The molecule has 0 aliphatic rings. The highest BCUT2D eigenvalue weighted by atomic mass is 15.1. The molecular weight excluding hydrogens is 677 g/mol. The van der Waals surface area contributed by atoms with Crippen LogP contribution in [-0.2, 0) is 0 Å². The Kier molecular flexibility index (Phi) is 8.55. The van der Waals surface area contributed by atoms with Crippen molar-refractivity contribution in [1.29, 1.82) is 0 Å². The minimum Gasteiger partial charge on any atom is -0.310 e. The molecule has 1 heterocycles. The second-order valence-electron chi connectivity index (χ2n) is 14.2. The summed E-state index contributed by atoms with van der Waals surface area (Å²) in [5, 5.41) is 2.49. The highest BCUT2D eigenvalue weighted by molar-refractivity contribution is 6.10. The Bertz CT molecular complexity index is 2830. The van der Waals surface area contributed by atoms with Crippen molar-refractivity contribution in [3.05, 3.63) is 231 Å². The number of para-hydroxylation sites is 3. The lowest BCUT2D eigenvalue weighted by molar-refractivity contribution is 1.18. The molecule has 2 heteroatoms. The number of fused-ring (bicyclic) bond motifs is 3. The fourth-order valence-electron chi connectivity index (χ4n) is 8.04. The first-order chi connectivity index (χ1) is 27.8. The molecule has 0 radical (unpaired) electrons. The predicted octanol–water partition coefficient (Wildman–Crippen LogP) is 14.9. The van der Waals surface area contributed by atoms with Gasteiger partial charge in [0.25, 0.3) is 0 Å². The molecule has 0 spiro atoms. The summed E-state index contributed by atoms with van der Waals surface area (Å²) in [7, 11) is 0. The Labute approximate surface area is 327 Å². The monoisotopic (exact) mass is 714 g/mol. The van der Waals surface area contributed by atoms with E-state index in [1.165, 1.54) is 66.3 Å². The zero-order valence-electron chi connectivity index (χ0n) is 30.8. The highest BCUT2D eigenvalue weighted by Crippen LogP contribution is 2.39. The topological polar surface area (TPSA) is 8.17 Å². The van der Waals surface area contributed by atoms with Gasteiger partial charge in [-0.1, -0.05) is 164 Å². The number of benzene rings is 9. The standard InChI is InChI=1S/C54H38N2/c1-5-16-39(17-6-1)45-34-46(40-18-7-2-8-19-40)37-50(36-45)56-53-27-14-13-26-51(53)52-33-32-44(38-54(52)56)42-30-28-41(29-31-42)43-20-15-25-49(35-43)55(47-21-9-3-10-22-47)48-23-11-4-12-24-48/h1-38H. The Morgan fingerprint density at radius 1 is 0.250 bits per heavy atom. The van der Waals surface area contributed by atoms with Crippen LogP contribution in [0.2, 0.25) is 0 Å². The number of nitrogens with zero attached hydrogens (tertiary/aromatic N) is 2. The van der Waals surface area contributed by atoms with Crippen LogP contribution < -0.4 is 4.90 Å². The molecule has 0 atom stereocenters. The maximum absolute atomic E-state index is 2.44. The van der Waals surface area contributed by atoms with Crippen molar-refractivity contribution in [2.24, 2.45) is 0 Å². The van der Waals surface area contributed by atoms with Gasteiger partial charge in [-0.15, -0.1) is 0 Å². The van der Waals surface area contributed by atoms with E-state index < -0.39 is 0 Å². The summed E-state index contributed by atoms with van der Waals surface area (Å²) in [5.74, 6) is 0. The van der Waals surface area contributed by atoms with Gasteiger partial charge >= 0.3 is 0 Å². The fourth-order valence-corrected chi connectivity index (χ4v) is 8.04. The maximum atomic E-state index is 2.44. The lowest BCUT2D eigenvalue weighted by Gasteiger charge is -2.25. The van der Waals surface area contributed by atoms with Crippen LogP contribution in [0.4, 0.5) is 17.1 Å². The predicted molar refractivity (Wildman–Crippen MR) is 237 cm³/mol. The van der Waals surface area contributed by atoms with Crippen LogP contribution in [0.5, 0.6) is 0 Å². The van der Waals surface area contributed by atoms with Crippen LogP contribution in [0.15, 0.2) is 231 Å². The van der Waals surface area contributed by atoms with Gasteiger partial charge in [0.2, 0.25) is 0 Å². The van der Waals surface area contributed by atoms with Gasteiger partial charge in [0.1, 0.15) is 0 Å². The average molecular weight is 715 g/mol. The van der Waals surface area contributed by atoms with E-state index in [0.29, 0.717) is 0 Å². The third kappa shape index (κ3) is 6.24. The second kappa shape index (κ2) is 14.4. The minimum atomic E-state index is 1.12. The van der Waals surface area contributed by atoms with Crippen LogP contribution in [0.25, 0.3) is 72.0 Å². The molecule has 10 aromatic rings.